The number of aryl methyl sites for hydroxylation is 1. The maximum atomic E-state index is 14.2. The molecule has 0 atom stereocenters. The Balaban J connectivity index is 0.00000504. The summed E-state index contributed by atoms with van der Waals surface area (Å²) in [6.45, 7) is 3.54. The van der Waals surface area contributed by atoms with Crippen LogP contribution in [0.4, 0.5) is 13.2 Å². The first kappa shape index (κ1) is 37.1. The third-order valence-corrected chi connectivity index (χ3v) is 9.24. The first-order chi connectivity index (χ1) is 23.7. The molecule has 3 heterocycles. The Morgan fingerprint density at radius 2 is 1.76 bits per heavy atom. The van der Waals surface area contributed by atoms with Gasteiger partial charge >= 0.3 is 6.18 Å². The molecule has 1 aliphatic carbocycles. The van der Waals surface area contributed by atoms with E-state index in [1.165, 1.54) is 34.7 Å². The van der Waals surface area contributed by atoms with Gasteiger partial charge in [-0.3, -0.25) is 14.3 Å². The van der Waals surface area contributed by atoms with E-state index in [9.17, 15) is 28.0 Å². The van der Waals surface area contributed by atoms with Crippen molar-refractivity contribution < 1.29 is 39.4 Å². The molecule has 1 saturated carbocycles. The Hall–Kier alpha value is -5.13. The van der Waals surface area contributed by atoms with E-state index in [0.29, 0.717) is 35.7 Å². The molecule has 0 bridgehead atoms. The Labute approximate surface area is 298 Å². The number of quaternary nitrogens is 1. The Bertz CT molecular complexity index is 2110. The standard InChI is InChI=1S/C36H37F3N8O3.ClH/c1-23-18-28(43-50-23)22-47(3,4)21-25-8-12-27(13-9-25)42-34(48)32-33(31-16-17-41-45(31)29-14-10-24(20-40)11-15-29)44(2)46(35(32)49)30-7-5-6-26(19-30)36(37,38)39;/h5-7,10-11,14-19,25,27H,8-9,12-13,21-22H2,1-4H3;1H. The van der Waals surface area contributed by atoms with Gasteiger partial charge in [-0.1, -0.05) is 11.2 Å². The topological polar surface area (TPSA) is 124 Å². The fraction of sp³-hybridized carbons (Fsp3) is 0.361. The average molecular weight is 723 g/mol. The van der Waals surface area contributed by atoms with Crippen LogP contribution in [-0.2, 0) is 19.8 Å². The summed E-state index contributed by atoms with van der Waals surface area (Å²) < 4.78 is 51.0. The third kappa shape index (κ3) is 7.95. The number of nitrogens with one attached hydrogen (secondary N) is 1. The second-order valence-corrected chi connectivity index (χ2v) is 13.6. The quantitative estimate of drug-likeness (QED) is 0.234. The maximum absolute atomic E-state index is 14.2. The van der Waals surface area contributed by atoms with Crippen LogP contribution in [0.2, 0.25) is 0 Å². The molecule has 1 amide bonds. The molecule has 268 valence electrons. The molecule has 0 radical (unpaired) electrons. The second-order valence-electron chi connectivity index (χ2n) is 13.6. The number of carbonyl (C=O) groups excluding carboxylic acids is 1. The van der Waals surface area contributed by atoms with Crippen LogP contribution >= 0.6 is 0 Å². The number of aromatic nitrogens is 5. The van der Waals surface area contributed by atoms with Crippen LogP contribution in [0.1, 0.15) is 58.6 Å². The number of alkyl halides is 3. The zero-order valence-electron chi connectivity index (χ0n) is 28.6. The zero-order chi connectivity index (χ0) is 35.8. The molecule has 1 N–H and O–H groups in total. The average Bonchev–Trinajstić information content (AvgIpc) is 3.78. The van der Waals surface area contributed by atoms with Crippen LogP contribution in [-0.4, -0.2) is 61.4 Å². The number of benzene rings is 2. The first-order valence-corrected chi connectivity index (χ1v) is 16.3. The molecule has 0 aliphatic heterocycles. The highest BCUT2D eigenvalue weighted by Gasteiger charge is 2.34. The molecular weight excluding hydrogens is 685 g/mol. The van der Waals surface area contributed by atoms with Gasteiger partial charge < -0.3 is 26.7 Å². The molecule has 15 heteroatoms. The second kappa shape index (κ2) is 14.6. The van der Waals surface area contributed by atoms with Crippen molar-refractivity contribution in [2.45, 2.75) is 51.4 Å². The maximum Gasteiger partial charge on any atom is 0.416 e. The van der Waals surface area contributed by atoms with Crippen LogP contribution < -0.4 is 23.3 Å². The molecule has 11 nitrogen and oxygen atoms in total. The largest absolute Gasteiger partial charge is 1.00 e. The molecule has 51 heavy (non-hydrogen) atoms. The Morgan fingerprint density at radius 3 is 2.39 bits per heavy atom. The summed E-state index contributed by atoms with van der Waals surface area (Å²) in [5.74, 6) is 0.594. The molecule has 3 aromatic heterocycles. The van der Waals surface area contributed by atoms with Crippen LogP contribution in [0.5, 0.6) is 0 Å². The number of rotatable bonds is 9. The third-order valence-electron chi connectivity index (χ3n) is 9.24. The van der Waals surface area contributed by atoms with Gasteiger partial charge in [0.1, 0.15) is 29.3 Å². The van der Waals surface area contributed by atoms with Crippen molar-refractivity contribution in [2.75, 3.05) is 20.6 Å². The molecule has 1 aliphatic rings. The lowest BCUT2D eigenvalue weighted by atomic mass is 9.85. The highest BCUT2D eigenvalue weighted by molar-refractivity contribution is 6.00. The van der Waals surface area contributed by atoms with Crippen LogP contribution in [0, 0.1) is 24.2 Å². The SMILES string of the molecule is Cc1cc(C[N+](C)(C)CC2CCC(NC(=O)c3c(-c4ccnn4-c4ccc(C#N)cc4)n(C)n(-c4cccc(C(F)(F)F)c4)c3=O)CC2)no1.[Cl-]. The highest BCUT2D eigenvalue weighted by Crippen LogP contribution is 2.32. The van der Waals surface area contributed by atoms with Crippen LogP contribution in [0.15, 0.2) is 76.2 Å². The molecule has 1 fully saturated rings. The van der Waals surface area contributed by atoms with Gasteiger partial charge in [-0.2, -0.15) is 23.5 Å². The smallest absolute Gasteiger partial charge is 0.416 e. The van der Waals surface area contributed by atoms with Gasteiger partial charge in [0.15, 0.2) is 0 Å². The van der Waals surface area contributed by atoms with Gasteiger partial charge in [-0.15, -0.1) is 0 Å². The summed E-state index contributed by atoms with van der Waals surface area (Å²) in [5, 5.41) is 20.9. The van der Waals surface area contributed by atoms with Crippen molar-refractivity contribution >= 4 is 5.91 Å². The number of amides is 1. The van der Waals surface area contributed by atoms with Crippen molar-refractivity contribution in [3.8, 4) is 28.8 Å². The van der Waals surface area contributed by atoms with Gasteiger partial charge in [0.2, 0.25) is 0 Å². The molecule has 0 spiro atoms. The normalized spacial score (nSPS) is 16.4. The summed E-state index contributed by atoms with van der Waals surface area (Å²) in [4.78, 5) is 28.3. The van der Waals surface area contributed by atoms with E-state index in [1.807, 2.05) is 13.0 Å². The Morgan fingerprint density at radius 1 is 1.06 bits per heavy atom. The molecule has 2 aromatic carbocycles. The number of carbonyl (C=O) groups is 1. The van der Waals surface area contributed by atoms with Crippen molar-refractivity contribution in [3.63, 3.8) is 0 Å². The minimum absolute atomic E-state index is 0. The summed E-state index contributed by atoms with van der Waals surface area (Å²) in [6, 6.07) is 16.5. The van der Waals surface area contributed by atoms with Gasteiger partial charge in [0.25, 0.3) is 11.5 Å². The van der Waals surface area contributed by atoms with E-state index < -0.39 is 23.2 Å². The lowest BCUT2D eigenvalue weighted by Crippen LogP contribution is -3.00. The van der Waals surface area contributed by atoms with Crippen molar-refractivity contribution in [3.05, 3.63) is 105 Å². The molecule has 5 aromatic rings. The summed E-state index contributed by atoms with van der Waals surface area (Å²) >= 11 is 0. The molecule has 0 saturated heterocycles. The van der Waals surface area contributed by atoms with Gasteiger partial charge in [-0.05, 0) is 81.1 Å². The number of nitriles is 1. The van der Waals surface area contributed by atoms with E-state index in [1.54, 1.807) is 30.3 Å². The van der Waals surface area contributed by atoms with Gasteiger partial charge in [-0.25, -0.2) is 9.36 Å². The van der Waals surface area contributed by atoms with Crippen molar-refractivity contribution in [1.82, 2.24) is 29.6 Å². The fourth-order valence-corrected chi connectivity index (χ4v) is 7.02. The van der Waals surface area contributed by atoms with Gasteiger partial charge in [0.05, 0.1) is 61.1 Å². The first-order valence-electron chi connectivity index (χ1n) is 16.3. The lowest BCUT2D eigenvalue weighted by Gasteiger charge is -2.36. The summed E-state index contributed by atoms with van der Waals surface area (Å²) in [5.41, 5.74) is 0.529. The van der Waals surface area contributed by atoms with E-state index in [4.69, 9.17) is 4.52 Å². The monoisotopic (exact) mass is 722 g/mol. The summed E-state index contributed by atoms with van der Waals surface area (Å²) in [7, 11) is 5.84. The summed E-state index contributed by atoms with van der Waals surface area (Å²) in [6.07, 6.45) is 0.0634. The highest BCUT2D eigenvalue weighted by atomic mass is 35.5. The van der Waals surface area contributed by atoms with E-state index in [-0.39, 0.29) is 35.4 Å². The van der Waals surface area contributed by atoms with Gasteiger partial charge in [0, 0.05) is 25.1 Å². The molecular formula is C36H38ClF3N8O3. The molecule has 6 rings (SSSR count). The predicted molar refractivity (Wildman–Crippen MR) is 178 cm³/mol. The van der Waals surface area contributed by atoms with E-state index in [0.717, 1.165) is 58.7 Å². The lowest BCUT2D eigenvalue weighted by molar-refractivity contribution is -0.907. The van der Waals surface area contributed by atoms with Crippen molar-refractivity contribution in [1.29, 1.82) is 5.26 Å². The van der Waals surface area contributed by atoms with E-state index >= 15 is 0 Å². The number of halogens is 4. The minimum atomic E-state index is -4.63. The van der Waals surface area contributed by atoms with Crippen LogP contribution in [0.25, 0.3) is 22.8 Å². The fourth-order valence-electron chi connectivity index (χ4n) is 7.02. The predicted octanol–water partition coefficient (Wildman–Crippen LogP) is 2.78. The van der Waals surface area contributed by atoms with Crippen molar-refractivity contribution in [2.24, 2.45) is 13.0 Å². The number of hydrogen-bond donors (Lipinski definition) is 1. The van der Waals surface area contributed by atoms with Crippen LogP contribution in [0.3, 0.4) is 0 Å². The zero-order valence-corrected chi connectivity index (χ0v) is 29.4. The molecule has 0 unspecified atom stereocenters. The minimum Gasteiger partial charge on any atom is -1.00 e. The Kier molecular flexibility index (Phi) is 10.6. The van der Waals surface area contributed by atoms with E-state index in [2.05, 4.69) is 35.7 Å². The number of hydrogen-bond acceptors (Lipinski definition) is 6. The number of nitrogens with zero attached hydrogens (tertiary/aromatic N) is 7.